The van der Waals surface area contributed by atoms with Crippen LogP contribution >= 0.6 is 11.6 Å². The molecule has 2 aliphatic heterocycles. The van der Waals surface area contributed by atoms with E-state index in [9.17, 15) is 5.11 Å². The van der Waals surface area contributed by atoms with Crippen LogP contribution < -0.4 is 13.8 Å². The molecular weight excluding hydrogens is 525 g/mol. The second-order valence-corrected chi connectivity index (χ2v) is 12.5. The van der Waals surface area contributed by atoms with E-state index in [1.807, 2.05) is 41.1 Å². The molecule has 0 spiro atoms. The van der Waals surface area contributed by atoms with Gasteiger partial charge in [0.1, 0.15) is 0 Å². The molecule has 4 atom stereocenters. The summed E-state index contributed by atoms with van der Waals surface area (Å²) in [5.74, 6) is 0.169. The average Bonchev–Trinajstić information content (AvgIpc) is 3.29. The third-order valence-corrected chi connectivity index (χ3v) is 9.53. The summed E-state index contributed by atoms with van der Waals surface area (Å²) in [5, 5.41) is 19.8. The Kier molecular flexibility index (Phi) is 7.33. The van der Waals surface area contributed by atoms with Gasteiger partial charge in [0.05, 0.1) is 11.4 Å². The van der Waals surface area contributed by atoms with Crippen molar-refractivity contribution in [2.45, 2.75) is 76.9 Å². The fraction of sp³-hybridized carbons (Fsp3) is 0.452. The molecule has 6 nitrogen and oxygen atoms in total. The zero-order chi connectivity index (χ0) is 27.3. The predicted molar refractivity (Wildman–Crippen MR) is 154 cm³/mol. The summed E-state index contributed by atoms with van der Waals surface area (Å²) in [7, 11) is 0. The topological polar surface area (TPSA) is 62.6 Å². The van der Waals surface area contributed by atoms with Gasteiger partial charge in [-0.3, -0.25) is 0 Å². The van der Waals surface area contributed by atoms with E-state index in [1.165, 1.54) is 16.9 Å². The summed E-state index contributed by atoms with van der Waals surface area (Å²) in [6, 6.07) is 16.2. The second kappa shape index (κ2) is 10.6. The van der Waals surface area contributed by atoms with Crippen molar-refractivity contribution in [2.24, 2.45) is 5.92 Å². The highest BCUT2D eigenvalue weighted by molar-refractivity contribution is 6.30. The number of nitrogens with zero attached hydrogens (tertiary/aromatic N) is 3. The van der Waals surface area contributed by atoms with Gasteiger partial charge >= 0.3 is 15.9 Å². The van der Waals surface area contributed by atoms with Gasteiger partial charge in [0.25, 0.3) is 0 Å². The highest BCUT2D eigenvalue weighted by atomic mass is 35.5. The van der Waals surface area contributed by atoms with Gasteiger partial charge in [-0.05, 0) is 54.7 Å². The fourth-order valence-electron chi connectivity index (χ4n) is 6.50. The summed E-state index contributed by atoms with van der Waals surface area (Å²) in [5.41, 5.74) is 6.16. The molecule has 8 heteroatoms. The SMILES string of the molecule is CCCCN1C(=CC2C([O-])C3c4c(CCC)nn(-c5ccccc5)c4[O][Al][O]C23)C(C)(C)c2cc(Cl)ccc21. The van der Waals surface area contributed by atoms with E-state index in [2.05, 4.69) is 50.8 Å². The van der Waals surface area contributed by atoms with Gasteiger partial charge in [-0.25, -0.2) is 4.68 Å². The number of para-hydroxylation sites is 1. The number of aromatic nitrogens is 2. The van der Waals surface area contributed by atoms with Gasteiger partial charge in [-0.15, -0.1) is 6.10 Å². The van der Waals surface area contributed by atoms with Gasteiger partial charge in [0, 0.05) is 46.0 Å². The van der Waals surface area contributed by atoms with E-state index in [-0.39, 0.29) is 23.4 Å². The van der Waals surface area contributed by atoms with Gasteiger partial charge < -0.3 is 17.6 Å². The Morgan fingerprint density at radius 2 is 1.92 bits per heavy atom. The van der Waals surface area contributed by atoms with E-state index in [4.69, 9.17) is 24.3 Å². The first-order chi connectivity index (χ1) is 18.9. The third kappa shape index (κ3) is 4.44. The van der Waals surface area contributed by atoms with Crippen molar-refractivity contribution in [1.29, 1.82) is 0 Å². The van der Waals surface area contributed by atoms with Crippen LogP contribution in [0.1, 0.15) is 69.7 Å². The Morgan fingerprint density at radius 3 is 2.67 bits per heavy atom. The van der Waals surface area contributed by atoms with Crippen LogP contribution in [0.15, 0.2) is 60.3 Å². The Bertz CT molecular complexity index is 1390. The van der Waals surface area contributed by atoms with Gasteiger partial charge in [0.15, 0.2) is 5.88 Å². The minimum atomic E-state index is -0.831. The number of halogens is 1. The van der Waals surface area contributed by atoms with E-state index >= 15 is 0 Å². The molecule has 1 aliphatic carbocycles. The molecule has 0 amide bonds. The van der Waals surface area contributed by atoms with E-state index in [0.29, 0.717) is 5.88 Å². The van der Waals surface area contributed by atoms with Crippen LogP contribution in [0.3, 0.4) is 0 Å². The molecule has 0 N–H and O–H groups in total. The molecule has 3 aliphatic rings. The lowest BCUT2D eigenvalue weighted by Gasteiger charge is -2.55. The summed E-state index contributed by atoms with van der Waals surface area (Å²) in [6.07, 6.45) is 5.10. The Hall–Kier alpha value is -2.27. The molecule has 0 bridgehead atoms. The number of rotatable bonds is 7. The predicted octanol–water partition coefficient (Wildman–Crippen LogP) is 5.71. The quantitative estimate of drug-likeness (QED) is 0.347. The van der Waals surface area contributed by atoms with E-state index in [0.717, 1.165) is 54.2 Å². The molecule has 6 rings (SSSR count). The van der Waals surface area contributed by atoms with Crippen molar-refractivity contribution in [2.75, 3.05) is 11.4 Å². The molecule has 1 radical (unpaired) electrons. The smallest absolute Gasteiger partial charge is 0.775 e. The monoisotopic (exact) mass is 559 g/mol. The zero-order valence-electron chi connectivity index (χ0n) is 23.1. The second-order valence-electron chi connectivity index (χ2n) is 11.4. The van der Waals surface area contributed by atoms with Crippen LogP contribution in [0.25, 0.3) is 5.69 Å². The summed E-state index contributed by atoms with van der Waals surface area (Å²) < 4.78 is 14.5. The van der Waals surface area contributed by atoms with Crippen LogP contribution in [-0.2, 0) is 15.6 Å². The van der Waals surface area contributed by atoms with Crippen molar-refractivity contribution < 1.29 is 12.7 Å². The maximum atomic E-state index is 14.1. The van der Waals surface area contributed by atoms with Crippen molar-refractivity contribution in [3.05, 3.63) is 82.1 Å². The lowest BCUT2D eigenvalue weighted by atomic mass is 9.64. The molecular formula is C31H35AlClN3O3-. The molecule has 1 aromatic heterocycles. The molecule has 0 saturated heterocycles. The Morgan fingerprint density at radius 1 is 1.13 bits per heavy atom. The summed E-state index contributed by atoms with van der Waals surface area (Å²) in [4.78, 5) is 2.40. The molecule has 3 heterocycles. The van der Waals surface area contributed by atoms with Crippen LogP contribution in [0.5, 0.6) is 5.88 Å². The largest absolute Gasteiger partial charge is 0.851 e. The molecule has 203 valence electrons. The number of fused-ring (bicyclic) bond motifs is 4. The van der Waals surface area contributed by atoms with E-state index in [1.54, 1.807) is 0 Å². The minimum absolute atomic E-state index is 0.212. The molecule has 4 unspecified atom stereocenters. The van der Waals surface area contributed by atoms with Gasteiger partial charge in [-0.1, -0.05) is 76.4 Å². The van der Waals surface area contributed by atoms with Crippen LogP contribution in [0.2, 0.25) is 5.02 Å². The Labute approximate surface area is 242 Å². The first kappa shape index (κ1) is 26.9. The molecule has 2 aromatic carbocycles. The van der Waals surface area contributed by atoms with Crippen molar-refractivity contribution in [1.82, 2.24) is 9.78 Å². The maximum absolute atomic E-state index is 14.1. The first-order valence-electron chi connectivity index (χ1n) is 14.1. The minimum Gasteiger partial charge on any atom is -0.851 e. The number of allylic oxidation sites excluding steroid dienone is 1. The maximum Gasteiger partial charge on any atom is 0.775 e. The molecule has 39 heavy (non-hydrogen) atoms. The number of hydrogen-bond donors (Lipinski definition) is 0. The van der Waals surface area contributed by atoms with Crippen LogP contribution in [-0.4, -0.2) is 44.4 Å². The molecule has 1 fully saturated rings. The average molecular weight is 560 g/mol. The van der Waals surface area contributed by atoms with Crippen molar-refractivity contribution in [3.8, 4) is 11.6 Å². The number of anilines is 1. The third-order valence-electron chi connectivity index (χ3n) is 8.55. The van der Waals surface area contributed by atoms with Gasteiger partial charge in [0.2, 0.25) is 0 Å². The molecule has 3 aromatic rings. The van der Waals surface area contributed by atoms with Gasteiger partial charge in [-0.2, -0.15) is 5.10 Å². The summed E-state index contributed by atoms with van der Waals surface area (Å²) in [6.45, 7) is 9.74. The number of unbranched alkanes of at least 4 members (excludes halogenated alkanes) is 1. The van der Waals surface area contributed by atoms with E-state index < -0.39 is 22.0 Å². The molecule has 1 saturated carbocycles. The number of aryl methyl sites for hydroxylation is 1. The Balaban J connectivity index is 1.39. The standard InChI is InChI=1S/C31H36ClN3O3.Al/c1-5-7-16-34-24-15-14-19(32)17-22(24)31(3,4)25(34)18-21-28(36)27(29(21)37)26-23(11-6-2)33-35(30(26)38)20-12-9-8-10-13-20;/h8-10,12-15,17-18,21,27-29,38H,5-7,11,16H2,1-4H3;/q-2;+2/p-1. The van der Waals surface area contributed by atoms with Crippen molar-refractivity contribution in [3.63, 3.8) is 0 Å². The highest BCUT2D eigenvalue weighted by Crippen LogP contribution is 2.54. The normalized spacial score (nSPS) is 25.7. The van der Waals surface area contributed by atoms with Crippen LogP contribution in [0.4, 0.5) is 5.69 Å². The lowest BCUT2D eigenvalue weighted by molar-refractivity contribution is -0.466. The highest BCUT2D eigenvalue weighted by Gasteiger charge is 2.51. The first-order valence-corrected chi connectivity index (χ1v) is 15.5. The number of benzene rings is 2. The van der Waals surface area contributed by atoms with Crippen molar-refractivity contribution >= 4 is 33.2 Å². The summed E-state index contributed by atoms with van der Waals surface area (Å²) >= 11 is 5.67. The zero-order valence-corrected chi connectivity index (χ0v) is 25.0. The lowest BCUT2D eigenvalue weighted by Crippen LogP contribution is -2.60. The van der Waals surface area contributed by atoms with Crippen LogP contribution in [0, 0.1) is 5.92 Å². The number of hydrogen-bond acceptors (Lipinski definition) is 5. The fourth-order valence-corrected chi connectivity index (χ4v) is 7.52.